The highest BCUT2D eigenvalue weighted by Crippen LogP contribution is 2.42. The van der Waals surface area contributed by atoms with Crippen molar-refractivity contribution in [1.82, 2.24) is 0 Å². The van der Waals surface area contributed by atoms with Crippen LogP contribution in [0.1, 0.15) is 76.1 Å². The van der Waals surface area contributed by atoms with Crippen molar-refractivity contribution in [2.45, 2.75) is 55.4 Å². The van der Waals surface area contributed by atoms with Crippen LogP contribution in [0.15, 0.2) is 12.1 Å². The van der Waals surface area contributed by atoms with E-state index in [-0.39, 0.29) is 55.2 Å². The van der Waals surface area contributed by atoms with Crippen LogP contribution < -0.4 is 9.47 Å². The van der Waals surface area contributed by atoms with Gasteiger partial charge in [0.15, 0.2) is 11.5 Å². The molecule has 2 aromatic rings. The van der Waals surface area contributed by atoms with E-state index in [1.165, 1.54) is 0 Å². The van der Waals surface area contributed by atoms with Crippen LogP contribution in [0.3, 0.4) is 0 Å². The number of esters is 4. The van der Waals surface area contributed by atoms with Crippen LogP contribution in [-0.2, 0) is 19.1 Å². The standard InChI is InChI=1S/C30H32Cl6O8/c1-13(2)29(5,6)11-41-25(37)19-21(35)15(31)9-17(33)23(19)43-27(39)28(40)44-24-18(34)10-16(32)22(36)20(24)26(38)42-12-30(7,8)14(3)4/h9-10,13-14H,11-12H2,1-8H3. The van der Waals surface area contributed by atoms with E-state index in [2.05, 4.69) is 0 Å². The van der Waals surface area contributed by atoms with Crippen LogP contribution in [0.4, 0.5) is 0 Å². The first-order chi connectivity index (χ1) is 20.1. The minimum absolute atomic E-state index is 0.0254. The Labute approximate surface area is 286 Å². The fourth-order valence-corrected chi connectivity index (χ4v) is 4.41. The van der Waals surface area contributed by atoms with Gasteiger partial charge in [-0.3, -0.25) is 0 Å². The zero-order chi connectivity index (χ0) is 33.9. The summed E-state index contributed by atoms with van der Waals surface area (Å²) in [4.78, 5) is 52.0. The molecule has 0 radical (unpaired) electrons. The second-order valence-corrected chi connectivity index (χ2v) is 14.3. The van der Waals surface area contributed by atoms with Gasteiger partial charge in [-0.1, -0.05) is 125 Å². The Morgan fingerprint density at radius 3 is 1.16 bits per heavy atom. The maximum atomic E-state index is 13.1. The van der Waals surface area contributed by atoms with E-state index in [1.807, 2.05) is 55.4 Å². The fraction of sp³-hybridized carbons (Fsp3) is 0.467. The van der Waals surface area contributed by atoms with Gasteiger partial charge in [-0.05, 0) is 24.0 Å². The van der Waals surface area contributed by atoms with E-state index < -0.39 is 57.3 Å². The maximum absolute atomic E-state index is 13.1. The van der Waals surface area contributed by atoms with Crippen molar-refractivity contribution in [3.8, 4) is 11.5 Å². The fourth-order valence-electron chi connectivity index (χ4n) is 2.97. The van der Waals surface area contributed by atoms with Crippen molar-refractivity contribution in [3.05, 3.63) is 53.4 Å². The van der Waals surface area contributed by atoms with E-state index in [0.717, 1.165) is 12.1 Å². The molecule has 44 heavy (non-hydrogen) atoms. The van der Waals surface area contributed by atoms with Gasteiger partial charge in [0.2, 0.25) is 0 Å². The molecule has 0 saturated carbocycles. The van der Waals surface area contributed by atoms with Gasteiger partial charge >= 0.3 is 23.9 Å². The minimum atomic E-state index is -1.66. The van der Waals surface area contributed by atoms with E-state index in [1.54, 1.807) is 0 Å². The quantitative estimate of drug-likeness (QED) is 0.103. The molecule has 0 amide bonds. The molecule has 0 atom stereocenters. The van der Waals surface area contributed by atoms with Gasteiger partial charge in [0.1, 0.15) is 11.1 Å². The number of carbonyl (C=O) groups is 4. The molecule has 2 aromatic carbocycles. The molecule has 0 bridgehead atoms. The van der Waals surface area contributed by atoms with E-state index in [4.69, 9.17) is 88.6 Å². The molecule has 14 heteroatoms. The number of hydrogen-bond acceptors (Lipinski definition) is 8. The molecule has 8 nitrogen and oxygen atoms in total. The molecule has 0 aromatic heterocycles. The Hall–Kier alpha value is -1.94. The molecule has 0 aliphatic carbocycles. The summed E-state index contributed by atoms with van der Waals surface area (Å²) in [5, 5.41) is -1.61. The summed E-state index contributed by atoms with van der Waals surface area (Å²) in [6.07, 6.45) is 0. The maximum Gasteiger partial charge on any atom is 0.423 e. The lowest BCUT2D eigenvalue weighted by Gasteiger charge is -2.28. The predicted octanol–water partition coefficient (Wildman–Crippen LogP) is 9.80. The SMILES string of the molecule is CC(C)C(C)(C)COC(=O)c1c(Cl)c(Cl)cc(Cl)c1OC(=O)C(=O)Oc1c(Cl)cc(Cl)c(Cl)c1C(=O)OCC(C)(C)C(C)C. The molecule has 0 N–H and O–H groups in total. The zero-order valence-corrected chi connectivity index (χ0v) is 29.8. The van der Waals surface area contributed by atoms with Crippen molar-refractivity contribution in [2.75, 3.05) is 13.2 Å². The number of carbonyl (C=O) groups excluding carboxylic acids is 4. The van der Waals surface area contributed by atoms with Crippen LogP contribution in [0, 0.1) is 22.7 Å². The first-order valence-corrected chi connectivity index (χ1v) is 15.5. The molecular formula is C30H32Cl6O8. The Morgan fingerprint density at radius 2 is 0.886 bits per heavy atom. The second-order valence-electron chi connectivity index (χ2n) is 11.9. The smallest absolute Gasteiger partial charge is 0.423 e. The predicted molar refractivity (Wildman–Crippen MR) is 172 cm³/mol. The summed E-state index contributed by atoms with van der Waals surface area (Å²) < 4.78 is 21.1. The first kappa shape index (κ1) is 38.2. The Morgan fingerprint density at radius 1 is 0.591 bits per heavy atom. The number of hydrogen-bond donors (Lipinski definition) is 0. The topological polar surface area (TPSA) is 105 Å². The number of halogens is 6. The third kappa shape index (κ3) is 9.08. The Kier molecular flexibility index (Phi) is 13.1. The average Bonchev–Trinajstić information content (AvgIpc) is 2.92. The van der Waals surface area contributed by atoms with Crippen molar-refractivity contribution >= 4 is 93.5 Å². The summed E-state index contributed by atoms with van der Waals surface area (Å²) in [5.41, 5.74) is -1.83. The molecule has 0 aliphatic heterocycles. The summed E-state index contributed by atoms with van der Waals surface area (Å²) in [5.74, 6) is -6.28. The second kappa shape index (κ2) is 15.1. The van der Waals surface area contributed by atoms with Crippen LogP contribution in [0.5, 0.6) is 11.5 Å². The lowest BCUT2D eigenvalue weighted by Crippen LogP contribution is -2.29. The lowest BCUT2D eigenvalue weighted by atomic mass is 9.82. The van der Waals surface area contributed by atoms with Crippen molar-refractivity contribution < 1.29 is 38.1 Å². The molecule has 0 saturated heterocycles. The number of rotatable bonds is 10. The largest absolute Gasteiger partial charge is 0.461 e. The van der Waals surface area contributed by atoms with Crippen LogP contribution >= 0.6 is 69.6 Å². The zero-order valence-electron chi connectivity index (χ0n) is 25.3. The normalized spacial score (nSPS) is 11.9. The van der Waals surface area contributed by atoms with Crippen LogP contribution in [0.25, 0.3) is 0 Å². The van der Waals surface area contributed by atoms with E-state index in [9.17, 15) is 19.2 Å². The van der Waals surface area contributed by atoms with Gasteiger partial charge in [-0.25, -0.2) is 19.2 Å². The molecule has 0 fully saturated rings. The van der Waals surface area contributed by atoms with Gasteiger partial charge in [-0.15, -0.1) is 0 Å². The molecule has 0 spiro atoms. The molecule has 0 aliphatic rings. The molecule has 242 valence electrons. The molecule has 0 unspecified atom stereocenters. The summed E-state index contributed by atoms with van der Waals surface area (Å²) in [6, 6.07) is 2.22. The Bertz CT molecular complexity index is 1360. The van der Waals surface area contributed by atoms with Crippen molar-refractivity contribution in [3.63, 3.8) is 0 Å². The summed E-state index contributed by atoms with van der Waals surface area (Å²) >= 11 is 37.2. The molecule has 0 heterocycles. The summed E-state index contributed by atoms with van der Waals surface area (Å²) in [6.45, 7) is 15.3. The van der Waals surface area contributed by atoms with Gasteiger partial charge in [0.05, 0.1) is 43.3 Å². The Balaban J connectivity index is 2.42. The van der Waals surface area contributed by atoms with Crippen LogP contribution in [-0.4, -0.2) is 37.1 Å². The third-order valence-electron chi connectivity index (χ3n) is 7.49. The van der Waals surface area contributed by atoms with Gasteiger partial charge < -0.3 is 18.9 Å². The number of benzene rings is 2. The lowest BCUT2D eigenvalue weighted by molar-refractivity contribution is -0.156. The van der Waals surface area contributed by atoms with Gasteiger partial charge in [0.25, 0.3) is 0 Å². The minimum Gasteiger partial charge on any atom is -0.461 e. The number of ether oxygens (including phenoxy) is 4. The monoisotopic (exact) mass is 730 g/mol. The first-order valence-electron chi connectivity index (χ1n) is 13.3. The van der Waals surface area contributed by atoms with Crippen LogP contribution in [0.2, 0.25) is 30.1 Å². The highest BCUT2D eigenvalue weighted by molar-refractivity contribution is 6.47. The van der Waals surface area contributed by atoms with Crippen molar-refractivity contribution in [2.24, 2.45) is 22.7 Å². The molecule has 2 rings (SSSR count). The summed E-state index contributed by atoms with van der Waals surface area (Å²) in [7, 11) is 0. The third-order valence-corrected chi connectivity index (χ3v) is 9.63. The highest BCUT2D eigenvalue weighted by Gasteiger charge is 2.34. The highest BCUT2D eigenvalue weighted by atomic mass is 35.5. The molecular weight excluding hydrogens is 701 g/mol. The van der Waals surface area contributed by atoms with Gasteiger partial charge in [0, 0.05) is 10.8 Å². The van der Waals surface area contributed by atoms with E-state index >= 15 is 0 Å². The van der Waals surface area contributed by atoms with Gasteiger partial charge in [-0.2, -0.15) is 0 Å². The van der Waals surface area contributed by atoms with E-state index in [0.29, 0.717) is 0 Å². The van der Waals surface area contributed by atoms with Crippen molar-refractivity contribution in [1.29, 1.82) is 0 Å². The average molecular weight is 733 g/mol.